The maximum absolute atomic E-state index is 14.1. The van der Waals surface area contributed by atoms with Gasteiger partial charge < -0.3 is 11.1 Å². The maximum Gasteiger partial charge on any atom is 0.280 e. The molecule has 1 aromatic heterocycles. The van der Waals surface area contributed by atoms with Crippen LogP contribution < -0.4 is 16.6 Å². The highest BCUT2D eigenvalue weighted by molar-refractivity contribution is 6.05. The van der Waals surface area contributed by atoms with E-state index in [1.807, 2.05) is 24.3 Å². The highest BCUT2D eigenvalue weighted by Crippen LogP contribution is 2.26. The number of nitrogens with one attached hydrogen (secondary N) is 1. The largest absolute Gasteiger partial charge is 0.365 e. The average Bonchev–Trinajstić information content (AvgIpc) is 2.92. The van der Waals surface area contributed by atoms with Crippen molar-refractivity contribution in [3.8, 4) is 5.69 Å². The number of hydrogen-bond acceptors (Lipinski definition) is 3. The third-order valence-electron chi connectivity index (χ3n) is 5.38. The predicted molar refractivity (Wildman–Crippen MR) is 102 cm³/mol. The molecule has 140 valence electrons. The smallest absolute Gasteiger partial charge is 0.280 e. The summed E-state index contributed by atoms with van der Waals surface area (Å²) in [6, 6.07) is 10.5. The van der Waals surface area contributed by atoms with Crippen molar-refractivity contribution in [2.45, 2.75) is 18.8 Å². The number of rotatable bonds is 3. The molecule has 7 heteroatoms. The lowest BCUT2D eigenvalue weighted by Crippen LogP contribution is -2.26. The standard InChI is InChI=1S/C20H21FN4O2/c1-24-16-7-6-15(21)17(19(22)26)18(16)20(27)25(24)14-4-2-12(3-5-14)13-8-10-23-11-9-13/h2-7,13,23H,8-11H2,1H3,(H2,22,26). The minimum absolute atomic E-state index is 0.00688. The van der Waals surface area contributed by atoms with E-state index < -0.39 is 17.3 Å². The fraction of sp³-hybridized carbons (Fsp3) is 0.300. The van der Waals surface area contributed by atoms with E-state index in [1.165, 1.54) is 16.3 Å². The van der Waals surface area contributed by atoms with Gasteiger partial charge in [-0.25, -0.2) is 9.07 Å². The number of primary amides is 1. The number of halogens is 1. The molecule has 1 saturated heterocycles. The van der Waals surface area contributed by atoms with Crippen LogP contribution in [0.2, 0.25) is 0 Å². The number of hydrogen-bond donors (Lipinski definition) is 2. The van der Waals surface area contributed by atoms with Crippen molar-refractivity contribution in [1.29, 1.82) is 0 Å². The number of carbonyl (C=O) groups excluding carboxylic acids is 1. The molecule has 0 aliphatic carbocycles. The van der Waals surface area contributed by atoms with Crippen LogP contribution >= 0.6 is 0 Å². The predicted octanol–water partition coefficient (Wildman–Crippen LogP) is 2.03. The topological polar surface area (TPSA) is 82.1 Å². The van der Waals surface area contributed by atoms with Crippen LogP contribution in [0.25, 0.3) is 16.6 Å². The quantitative estimate of drug-likeness (QED) is 0.742. The normalized spacial score (nSPS) is 15.3. The van der Waals surface area contributed by atoms with E-state index in [9.17, 15) is 14.0 Å². The Morgan fingerprint density at radius 3 is 2.44 bits per heavy atom. The monoisotopic (exact) mass is 368 g/mol. The highest BCUT2D eigenvalue weighted by atomic mass is 19.1. The molecule has 0 radical (unpaired) electrons. The Morgan fingerprint density at radius 2 is 1.81 bits per heavy atom. The highest BCUT2D eigenvalue weighted by Gasteiger charge is 2.22. The summed E-state index contributed by atoms with van der Waals surface area (Å²) in [4.78, 5) is 24.7. The van der Waals surface area contributed by atoms with E-state index in [0.29, 0.717) is 17.1 Å². The molecule has 2 aromatic carbocycles. The summed E-state index contributed by atoms with van der Waals surface area (Å²) in [6.45, 7) is 2.02. The molecule has 0 saturated carbocycles. The second kappa shape index (κ2) is 6.66. The molecule has 3 aromatic rings. The van der Waals surface area contributed by atoms with Crippen LogP contribution in [-0.4, -0.2) is 28.4 Å². The molecule has 0 unspecified atom stereocenters. The van der Waals surface area contributed by atoms with Crippen molar-refractivity contribution in [2.24, 2.45) is 12.8 Å². The number of amides is 1. The molecular formula is C20H21FN4O2. The van der Waals surface area contributed by atoms with Gasteiger partial charge in [0.2, 0.25) is 0 Å². The lowest BCUT2D eigenvalue weighted by atomic mass is 9.90. The molecule has 0 atom stereocenters. The Kier molecular flexibility index (Phi) is 4.31. The number of aryl methyl sites for hydroxylation is 1. The maximum atomic E-state index is 14.1. The van der Waals surface area contributed by atoms with Crippen molar-refractivity contribution in [3.05, 3.63) is 63.7 Å². The molecule has 0 spiro atoms. The fourth-order valence-electron chi connectivity index (χ4n) is 3.98. The summed E-state index contributed by atoms with van der Waals surface area (Å²) in [5.41, 5.74) is 6.85. The van der Waals surface area contributed by atoms with Crippen LogP contribution in [0.15, 0.2) is 41.2 Å². The van der Waals surface area contributed by atoms with E-state index in [0.717, 1.165) is 32.0 Å². The van der Waals surface area contributed by atoms with Gasteiger partial charge in [-0.15, -0.1) is 0 Å². The molecule has 1 fully saturated rings. The zero-order valence-electron chi connectivity index (χ0n) is 15.0. The first-order valence-electron chi connectivity index (χ1n) is 9.00. The van der Waals surface area contributed by atoms with Gasteiger partial charge in [-0.1, -0.05) is 12.1 Å². The van der Waals surface area contributed by atoms with E-state index in [1.54, 1.807) is 11.7 Å². The van der Waals surface area contributed by atoms with Gasteiger partial charge in [-0.3, -0.25) is 14.3 Å². The first-order chi connectivity index (χ1) is 13.0. The Bertz CT molecular complexity index is 1080. The van der Waals surface area contributed by atoms with Gasteiger partial charge in [0.15, 0.2) is 0 Å². The Labute approximate surface area is 155 Å². The third-order valence-corrected chi connectivity index (χ3v) is 5.38. The molecule has 3 N–H and O–H groups in total. The van der Waals surface area contributed by atoms with E-state index in [4.69, 9.17) is 5.73 Å². The molecule has 1 amide bonds. The molecular weight excluding hydrogens is 347 g/mol. The van der Waals surface area contributed by atoms with Gasteiger partial charge >= 0.3 is 0 Å². The zero-order valence-corrected chi connectivity index (χ0v) is 15.0. The molecule has 0 bridgehead atoms. The van der Waals surface area contributed by atoms with Crippen molar-refractivity contribution < 1.29 is 9.18 Å². The summed E-state index contributed by atoms with van der Waals surface area (Å²) in [5, 5.41) is 3.36. The lowest BCUT2D eigenvalue weighted by molar-refractivity contribution is 0.0998. The van der Waals surface area contributed by atoms with E-state index in [2.05, 4.69) is 5.32 Å². The molecule has 1 aliphatic heterocycles. The van der Waals surface area contributed by atoms with Gasteiger partial charge in [-0.2, -0.15) is 0 Å². The van der Waals surface area contributed by atoms with Crippen molar-refractivity contribution in [2.75, 3.05) is 13.1 Å². The second-order valence-electron chi connectivity index (χ2n) is 6.94. The van der Waals surface area contributed by atoms with Gasteiger partial charge in [0.25, 0.3) is 11.5 Å². The first-order valence-corrected chi connectivity index (χ1v) is 9.00. The average molecular weight is 368 g/mol. The number of nitrogens with two attached hydrogens (primary N) is 1. The number of piperidine rings is 1. The van der Waals surface area contributed by atoms with Gasteiger partial charge in [0.05, 0.1) is 22.2 Å². The molecule has 4 rings (SSSR count). The van der Waals surface area contributed by atoms with E-state index in [-0.39, 0.29) is 10.9 Å². The summed E-state index contributed by atoms with van der Waals surface area (Å²) in [7, 11) is 1.70. The minimum Gasteiger partial charge on any atom is -0.365 e. The number of aromatic nitrogens is 2. The summed E-state index contributed by atoms with van der Waals surface area (Å²) in [6.07, 6.45) is 2.18. The summed E-state index contributed by atoms with van der Waals surface area (Å²) >= 11 is 0. The van der Waals surface area contributed by atoms with Crippen LogP contribution in [0.4, 0.5) is 4.39 Å². The molecule has 27 heavy (non-hydrogen) atoms. The number of fused-ring (bicyclic) bond motifs is 1. The number of carbonyl (C=O) groups is 1. The number of benzene rings is 2. The van der Waals surface area contributed by atoms with Crippen LogP contribution in [0.3, 0.4) is 0 Å². The SMILES string of the molecule is Cn1c2ccc(F)c(C(N)=O)c2c(=O)n1-c1ccc(C2CCNCC2)cc1. The Hall–Kier alpha value is -2.93. The Balaban J connectivity index is 1.83. The lowest BCUT2D eigenvalue weighted by Gasteiger charge is -2.23. The van der Waals surface area contributed by atoms with Crippen LogP contribution in [-0.2, 0) is 7.05 Å². The van der Waals surface area contributed by atoms with Crippen molar-refractivity contribution in [3.63, 3.8) is 0 Å². The van der Waals surface area contributed by atoms with Gasteiger partial charge in [0.1, 0.15) is 5.82 Å². The summed E-state index contributed by atoms with van der Waals surface area (Å²) in [5.74, 6) is -1.22. The van der Waals surface area contributed by atoms with Crippen LogP contribution in [0.1, 0.15) is 34.7 Å². The minimum atomic E-state index is -0.950. The first kappa shape index (κ1) is 17.5. The zero-order chi connectivity index (χ0) is 19.1. The molecule has 6 nitrogen and oxygen atoms in total. The van der Waals surface area contributed by atoms with Crippen molar-refractivity contribution in [1.82, 2.24) is 14.7 Å². The third kappa shape index (κ3) is 2.84. The van der Waals surface area contributed by atoms with Gasteiger partial charge in [0, 0.05) is 7.05 Å². The molecule has 1 aliphatic rings. The van der Waals surface area contributed by atoms with Gasteiger partial charge in [-0.05, 0) is 61.7 Å². The van der Waals surface area contributed by atoms with Crippen LogP contribution in [0, 0.1) is 5.82 Å². The Morgan fingerprint density at radius 1 is 1.15 bits per heavy atom. The molecule has 2 heterocycles. The fourth-order valence-corrected chi connectivity index (χ4v) is 3.98. The summed E-state index contributed by atoms with van der Waals surface area (Å²) < 4.78 is 17.1. The number of nitrogens with zero attached hydrogens (tertiary/aromatic N) is 2. The van der Waals surface area contributed by atoms with Crippen LogP contribution in [0.5, 0.6) is 0 Å². The van der Waals surface area contributed by atoms with Crippen molar-refractivity contribution >= 4 is 16.8 Å². The van der Waals surface area contributed by atoms with E-state index >= 15 is 0 Å². The second-order valence-corrected chi connectivity index (χ2v) is 6.94.